The number of aromatic amines is 1. The molecule has 0 saturated heterocycles. The summed E-state index contributed by atoms with van der Waals surface area (Å²) in [6.45, 7) is 2.71. The minimum absolute atomic E-state index is 0.119. The molecule has 1 heterocycles. The molecule has 0 aliphatic heterocycles. The third-order valence-corrected chi connectivity index (χ3v) is 2.75. The molecule has 1 aromatic heterocycles. The first-order valence-electron chi connectivity index (χ1n) is 5.95. The van der Waals surface area contributed by atoms with Crippen LogP contribution in [0.3, 0.4) is 0 Å². The SMILES string of the molecule is CCCCOc1cccc2c(=O)c(C#N)c[nH]c12. The highest BCUT2D eigenvalue weighted by atomic mass is 16.5. The van der Waals surface area contributed by atoms with Gasteiger partial charge in [0, 0.05) is 6.20 Å². The molecule has 92 valence electrons. The van der Waals surface area contributed by atoms with Crippen LogP contribution < -0.4 is 10.2 Å². The van der Waals surface area contributed by atoms with Crippen LogP contribution in [0, 0.1) is 11.3 Å². The average molecular weight is 242 g/mol. The van der Waals surface area contributed by atoms with E-state index in [0.29, 0.717) is 23.3 Å². The smallest absolute Gasteiger partial charge is 0.207 e. The summed E-state index contributed by atoms with van der Waals surface area (Å²) >= 11 is 0. The second-order valence-electron chi connectivity index (χ2n) is 4.02. The van der Waals surface area contributed by atoms with E-state index in [1.54, 1.807) is 12.1 Å². The fraction of sp³-hybridized carbons (Fsp3) is 0.286. The number of aromatic nitrogens is 1. The summed E-state index contributed by atoms with van der Waals surface area (Å²) < 4.78 is 5.64. The van der Waals surface area contributed by atoms with Gasteiger partial charge < -0.3 is 9.72 Å². The Morgan fingerprint density at radius 1 is 1.44 bits per heavy atom. The number of hydrogen-bond acceptors (Lipinski definition) is 3. The number of rotatable bonds is 4. The minimum Gasteiger partial charge on any atom is -0.491 e. The van der Waals surface area contributed by atoms with Crippen LogP contribution >= 0.6 is 0 Å². The summed E-state index contributed by atoms with van der Waals surface area (Å²) in [7, 11) is 0. The van der Waals surface area contributed by atoms with Crippen LogP contribution in [0.4, 0.5) is 0 Å². The number of pyridine rings is 1. The molecule has 0 aliphatic carbocycles. The van der Waals surface area contributed by atoms with E-state index in [1.165, 1.54) is 6.20 Å². The molecule has 0 unspecified atom stereocenters. The lowest BCUT2D eigenvalue weighted by atomic mass is 10.1. The molecule has 2 rings (SSSR count). The normalized spacial score (nSPS) is 10.2. The molecule has 0 atom stereocenters. The van der Waals surface area contributed by atoms with E-state index in [2.05, 4.69) is 11.9 Å². The number of nitriles is 1. The Balaban J connectivity index is 2.48. The Morgan fingerprint density at radius 2 is 2.28 bits per heavy atom. The van der Waals surface area contributed by atoms with Crippen molar-refractivity contribution in [2.45, 2.75) is 19.8 Å². The van der Waals surface area contributed by atoms with Gasteiger partial charge in [0.15, 0.2) is 0 Å². The molecule has 18 heavy (non-hydrogen) atoms. The van der Waals surface area contributed by atoms with Crippen molar-refractivity contribution in [1.82, 2.24) is 4.98 Å². The van der Waals surface area contributed by atoms with Gasteiger partial charge in [0.05, 0.1) is 17.5 Å². The van der Waals surface area contributed by atoms with E-state index in [1.807, 2.05) is 12.1 Å². The monoisotopic (exact) mass is 242 g/mol. The predicted octanol–water partition coefficient (Wildman–Crippen LogP) is 2.58. The topological polar surface area (TPSA) is 65.9 Å². The number of para-hydroxylation sites is 1. The maximum atomic E-state index is 11.9. The third-order valence-electron chi connectivity index (χ3n) is 2.75. The summed E-state index contributed by atoms with van der Waals surface area (Å²) in [6, 6.07) is 7.15. The zero-order valence-electron chi connectivity index (χ0n) is 10.2. The van der Waals surface area contributed by atoms with Crippen LogP contribution in [0.15, 0.2) is 29.2 Å². The molecule has 0 fully saturated rings. The molecule has 0 radical (unpaired) electrons. The predicted molar refractivity (Wildman–Crippen MR) is 69.7 cm³/mol. The lowest BCUT2D eigenvalue weighted by Gasteiger charge is -2.08. The molecule has 0 saturated carbocycles. The van der Waals surface area contributed by atoms with Crippen LogP contribution in [-0.4, -0.2) is 11.6 Å². The maximum absolute atomic E-state index is 11.9. The molecule has 1 N–H and O–H groups in total. The molecule has 4 heteroatoms. The molecular weight excluding hydrogens is 228 g/mol. The van der Waals surface area contributed by atoms with Gasteiger partial charge in [-0.05, 0) is 18.6 Å². The number of nitrogens with zero attached hydrogens (tertiary/aromatic N) is 1. The highest BCUT2D eigenvalue weighted by Crippen LogP contribution is 2.21. The van der Waals surface area contributed by atoms with Gasteiger partial charge in [-0.25, -0.2) is 0 Å². The van der Waals surface area contributed by atoms with E-state index in [-0.39, 0.29) is 11.0 Å². The third kappa shape index (κ3) is 2.21. The fourth-order valence-electron chi connectivity index (χ4n) is 1.75. The quantitative estimate of drug-likeness (QED) is 0.838. The number of hydrogen-bond donors (Lipinski definition) is 1. The Labute approximate surface area is 105 Å². The van der Waals surface area contributed by atoms with Gasteiger partial charge in [-0.15, -0.1) is 0 Å². The average Bonchev–Trinajstić information content (AvgIpc) is 2.40. The van der Waals surface area contributed by atoms with Gasteiger partial charge >= 0.3 is 0 Å². The van der Waals surface area contributed by atoms with Crippen molar-refractivity contribution in [1.29, 1.82) is 5.26 Å². The van der Waals surface area contributed by atoms with E-state index < -0.39 is 0 Å². The lowest BCUT2D eigenvalue weighted by Crippen LogP contribution is -2.08. The highest BCUT2D eigenvalue weighted by molar-refractivity contribution is 5.85. The van der Waals surface area contributed by atoms with Crippen LogP contribution in [0.5, 0.6) is 5.75 Å². The Morgan fingerprint density at radius 3 is 3.00 bits per heavy atom. The minimum atomic E-state index is -0.257. The second-order valence-corrected chi connectivity index (χ2v) is 4.02. The van der Waals surface area contributed by atoms with Gasteiger partial charge in [-0.2, -0.15) is 5.26 Å². The van der Waals surface area contributed by atoms with Crippen molar-refractivity contribution in [3.8, 4) is 11.8 Å². The second kappa shape index (κ2) is 5.37. The zero-order chi connectivity index (χ0) is 13.0. The Kier molecular flexibility index (Phi) is 3.63. The van der Waals surface area contributed by atoms with Crippen LogP contribution in [0.1, 0.15) is 25.3 Å². The van der Waals surface area contributed by atoms with Crippen LogP contribution in [-0.2, 0) is 0 Å². The van der Waals surface area contributed by atoms with Crippen molar-refractivity contribution >= 4 is 10.9 Å². The molecule has 0 spiro atoms. The van der Waals surface area contributed by atoms with E-state index in [9.17, 15) is 4.79 Å². The molecular formula is C14H14N2O2. The number of unbranched alkanes of at least 4 members (excludes halogenated alkanes) is 1. The fourth-order valence-corrected chi connectivity index (χ4v) is 1.75. The Bertz CT molecular complexity index is 653. The molecule has 4 nitrogen and oxygen atoms in total. The van der Waals surface area contributed by atoms with Gasteiger partial charge in [-0.1, -0.05) is 19.4 Å². The highest BCUT2D eigenvalue weighted by Gasteiger charge is 2.08. The van der Waals surface area contributed by atoms with Crippen LogP contribution in [0.2, 0.25) is 0 Å². The Hall–Kier alpha value is -2.28. The standard InChI is InChI=1S/C14H14N2O2/c1-2-3-7-18-12-6-4-5-11-13(12)16-9-10(8-15)14(11)17/h4-6,9H,2-3,7H2,1H3,(H,16,17). The van der Waals surface area contributed by atoms with E-state index in [0.717, 1.165) is 12.8 Å². The van der Waals surface area contributed by atoms with E-state index >= 15 is 0 Å². The van der Waals surface area contributed by atoms with Gasteiger partial charge in [0.2, 0.25) is 5.43 Å². The summed E-state index contributed by atoms with van der Waals surface area (Å²) in [4.78, 5) is 14.9. The zero-order valence-corrected chi connectivity index (χ0v) is 10.2. The molecule has 0 bridgehead atoms. The van der Waals surface area contributed by atoms with Gasteiger partial charge in [0.1, 0.15) is 17.4 Å². The number of fused-ring (bicyclic) bond motifs is 1. The lowest BCUT2D eigenvalue weighted by molar-refractivity contribution is 0.312. The van der Waals surface area contributed by atoms with Crippen LogP contribution in [0.25, 0.3) is 10.9 Å². The van der Waals surface area contributed by atoms with Crippen molar-refractivity contribution in [2.75, 3.05) is 6.61 Å². The number of benzene rings is 1. The molecule has 1 aromatic carbocycles. The summed E-state index contributed by atoms with van der Waals surface area (Å²) in [5.74, 6) is 0.655. The number of ether oxygens (including phenoxy) is 1. The van der Waals surface area contributed by atoms with Gasteiger partial charge in [0.25, 0.3) is 0 Å². The van der Waals surface area contributed by atoms with E-state index in [4.69, 9.17) is 10.00 Å². The first kappa shape index (κ1) is 12.2. The summed E-state index contributed by atoms with van der Waals surface area (Å²) in [5.41, 5.74) is 0.512. The van der Waals surface area contributed by atoms with Gasteiger partial charge in [-0.3, -0.25) is 4.79 Å². The van der Waals surface area contributed by atoms with Crippen molar-refractivity contribution < 1.29 is 4.74 Å². The number of nitrogens with one attached hydrogen (secondary N) is 1. The molecule has 0 aliphatic rings. The van der Waals surface area contributed by atoms with Crippen molar-refractivity contribution in [3.05, 3.63) is 40.2 Å². The van der Waals surface area contributed by atoms with Crippen molar-refractivity contribution in [2.24, 2.45) is 0 Å². The summed E-state index contributed by atoms with van der Waals surface area (Å²) in [6.07, 6.45) is 3.45. The number of H-pyrrole nitrogens is 1. The summed E-state index contributed by atoms with van der Waals surface area (Å²) in [5, 5.41) is 9.31. The first-order chi connectivity index (χ1) is 8.77. The first-order valence-corrected chi connectivity index (χ1v) is 5.95. The molecule has 0 amide bonds. The largest absolute Gasteiger partial charge is 0.491 e. The maximum Gasteiger partial charge on any atom is 0.207 e. The molecule has 2 aromatic rings. The van der Waals surface area contributed by atoms with Crippen molar-refractivity contribution in [3.63, 3.8) is 0 Å².